The molecule has 0 unspecified atom stereocenters. The Labute approximate surface area is 165 Å². The zero-order valence-electron chi connectivity index (χ0n) is 16.2. The molecule has 1 N–H and O–H groups in total. The summed E-state index contributed by atoms with van der Waals surface area (Å²) in [5.41, 5.74) is 2.95. The van der Waals surface area contributed by atoms with Crippen molar-refractivity contribution in [2.24, 2.45) is 0 Å². The highest BCUT2D eigenvalue weighted by atomic mass is 35.5. The summed E-state index contributed by atoms with van der Waals surface area (Å²) in [7, 11) is 3.09. The number of benzene rings is 1. The molecule has 0 spiro atoms. The quantitative estimate of drug-likeness (QED) is 0.792. The number of aryl methyl sites for hydroxylation is 1. The van der Waals surface area contributed by atoms with E-state index in [0.717, 1.165) is 19.4 Å². The molecule has 146 valence electrons. The van der Waals surface area contributed by atoms with Crippen molar-refractivity contribution in [3.05, 3.63) is 40.7 Å². The molecular weight excluding hydrogens is 366 g/mol. The molecule has 6 nitrogen and oxygen atoms in total. The normalized spacial score (nSPS) is 16.0. The van der Waals surface area contributed by atoms with E-state index in [1.54, 1.807) is 26.4 Å². The minimum Gasteiger partial charge on any atom is -0.495 e. The van der Waals surface area contributed by atoms with Gasteiger partial charge in [0.2, 0.25) is 0 Å². The van der Waals surface area contributed by atoms with Crippen LogP contribution >= 0.6 is 11.6 Å². The number of nitrogens with zero attached hydrogens (tertiary/aromatic N) is 2. The highest BCUT2D eigenvalue weighted by molar-refractivity contribution is 6.32. The van der Waals surface area contributed by atoms with Gasteiger partial charge < -0.3 is 24.3 Å². The first-order valence-corrected chi connectivity index (χ1v) is 9.53. The van der Waals surface area contributed by atoms with Gasteiger partial charge in [0.15, 0.2) is 0 Å². The van der Waals surface area contributed by atoms with Crippen LogP contribution in [0.1, 0.15) is 37.2 Å². The Hall–Kier alpha value is -2.34. The summed E-state index contributed by atoms with van der Waals surface area (Å²) in [6.07, 6.45) is 1.91. The number of fused-ring (bicyclic) bond motifs is 1. The Balaban J connectivity index is 1.86. The first-order chi connectivity index (χ1) is 13.0. The number of hydrogen-bond donors (Lipinski definition) is 1. The van der Waals surface area contributed by atoms with Gasteiger partial charge in [0, 0.05) is 30.5 Å². The van der Waals surface area contributed by atoms with Crippen molar-refractivity contribution in [1.82, 2.24) is 9.47 Å². The molecule has 2 amide bonds. The highest BCUT2D eigenvalue weighted by Gasteiger charge is 2.31. The lowest BCUT2D eigenvalue weighted by Crippen LogP contribution is -2.44. The van der Waals surface area contributed by atoms with Crippen molar-refractivity contribution in [1.29, 1.82) is 0 Å². The second-order valence-corrected chi connectivity index (χ2v) is 7.07. The molecule has 1 aliphatic heterocycles. The van der Waals surface area contributed by atoms with Gasteiger partial charge in [-0.15, -0.1) is 0 Å². The van der Waals surface area contributed by atoms with Gasteiger partial charge in [-0.2, -0.15) is 0 Å². The predicted octanol–water partition coefficient (Wildman–Crippen LogP) is 4.86. The maximum atomic E-state index is 13.1. The summed E-state index contributed by atoms with van der Waals surface area (Å²) < 4.78 is 12.9. The number of urea groups is 1. The first-order valence-electron chi connectivity index (χ1n) is 9.15. The van der Waals surface area contributed by atoms with Crippen LogP contribution in [-0.4, -0.2) is 36.3 Å². The minimum atomic E-state index is -0.155. The molecule has 1 atom stereocenters. The summed E-state index contributed by atoms with van der Waals surface area (Å²) in [6, 6.07) is 7.47. The fourth-order valence-corrected chi connectivity index (χ4v) is 3.92. The largest absolute Gasteiger partial charge is 0.495 e. The number of amides is 2. The molecule has 0 bridgehead atoms. The summed E-state index contributed by atoms with van der Waals surface area (Å²) in [4.78, 5) is 15.0. The highest BCUT2D eigenvalue weighted by Crippen LogP contribution is 2.37. The SMILES string of the molecule is CCC[C@@H]1c2ccc(C)n2CCN1C(=O)Nc1cc(Cl)c(OC)cc1OC. The number of methoxy groups -OCH3 is 2. The molecule has 0 aliphatic carbocycles. The topological polar surface area (TPSA) is 55.7 Å². The van der Waals surface area contributed by atoms with Crippen LogP contribution < -0.4 is 14.8 Å². The van der Waals surface area contributed by atoms with Crippen LogP contribution in [0.3, 0.4) is 0 Å². The third-order valence-electron chi connectivity index (χ3n) is 5.05. The van der Waals surface area contributed by atoms with E-state index >= 15 is 0 Å². The summed E-state index contributed by atoms with van der Waals surface area (Å²) in [5.74, 6) is 1.01. The average Bonchev–Trinajstić information content (AvgIpc) is 3.04. The Morgan fingerprint density at radius 2 is 1.96 bits per heavy atom. The third-order valence-corrected chi connectivity index (χ3v) is 5.35. The van der Waals surface area contributed by atoms with Crippen LogP contribution in [0.25, 0.3) is 0 Å². The van der Waals surface area contributed by atoms with Crippen molar-refractivity contribution in [2.75, 3.05) is 26.1 Å². The van der Waals surface area contributed by atoms with Crippen LogP contribution in [-0.2, 0) is 6.54 Å². The fraction of sp³-hybridized carbons (Fsp3) is 0.450. The average molecular weight is 392 g/mol. The van der Waals surface area contributed by atoms with Crippen LogP contribution in [0.5, 0.6) is 11.5 Å². The molecular formula is C20H26ClN3O3. The molecule has 1 aliphatic rings. The monoisotopic (exact) mass is 391 g/mol. The molecule has 0 fully saturated rings. The minimum absolute atomic E-state index is 0.0529. The molecule has 1 aromatic carbocycles. The standard InChI is InChI=1S/C20H26ClN3O3/c1-5-6-16-17-8-7-13(2)23(17)9-10-24(16)20(25)22-15-11-14(21)18(26-3)12-19(15)27-4/h7-8,11-12,16H,5-6,9-10H2,1-4H3,(H,22,25)/t16-/m1/s1. The molecule has 0 saturated heterocycles. The Bertz CT molecular complexity index is 834. The number of halogens is 1. The molecule has 27 heavy (non-hydrogen) atoms. The van der Waals surface area contributed by atoms with Crippen molar-refractivity contribution in [2.45, 2.75) is 39.3 Å². The maximum Gasteiger partial charge on any atom is 0.322 e. The lowest BCUT2D eigenvalue weighted by molar-refractivity contribution is 0.162. The first kappa shape index (κ1) is 19.4. The van der Waals surface area contributed by atoms with E-state index < -0.39 is 0 Å². The van der Waals surface area contributed by atoms with E-state index in [4.69, 9.17) is 21.1 Å². The molecule has 2 aromatic rings. The number of carbonyl (C=O) groups excluding carboxylic acids is 1. The lowest BCUT2D eigenvalue weighted by atomic mass is 10.0. The summed E-state index contributed by atoms with van der Waals surface area (Å²) in [5, 5.41) is 3.38. The van der Waals surface area contributed by atoms with E-state index in [0.29, 0.717) is 28.8 Å². The van der Waals surface area contributed by atoms with Gasteiger partial charge in [-0.25, -0.2) is 4.79 Å². The van der Waals surface area contributed by atoms with Crippen LogP contribution in [0.4, 0.5) is 10.5 Å². The van der Waals surface area contributed by atoms with E-state index in [-0.39, 0.29) is 12.1 Å². The van der Waals surface area contributed by atoms with Gasteiger partial charge in [-0.1, -0.05) is 24.9 Å². The lowest BCUT2D eigenvalue weighted by Gasteiger charge is -2.37. The molecule has 2 heterocycles. The van der Waals surface area contributed by atoms with Gasteiger partial charge >= 0.3 is 6.03 Å². The fourth-order valence-electron chi connectivity index (χ4n) is 3.67. The van der Waals surface area contributed by atoms with Crippen LogP contribution in [0.2, 0.25) is 5.02 Å². The van der Waals surface area contributed by atoms with Gasteiger partial charge in [0.25, 0.3) is 0 Å². The van der Waals surface area contributed by atoms with E-state index in [9.17, 15) is 4.79 Å². The second kappa shape index (κ2) is 8.13. The van der Waals surface area contributed by atoms with Crippen molar-refractivity contribution in [3.63, 3.8) is 0 Å². The van der Waals surface area contributed by atoms with Crippen molar-refractivity contribution < 1.29 is 14.3 Å². The molecule has 0 saturated carbocycles. The van der Waals surface area contributed by atoms with Gasteiger partial charge in [0.1, 0.15) is 11.5 Å². The third kappa shape index (κ3) is 3.72. The molecule has 1 aromatic heterocycles. The second-order valence-electron chi connectivity index (χ2n) is 6.67. The van der Waals surface area contributed by atoms with Crippen LogP contribution in [0.15, 0.2) is 24.3 Å². The number of nitrogens with one attached hydrogen (secondary N) is 1. The van der Waals surface area contributed by atoms with E-state index in [2.05, 4.69) is 35.9 Å². The zero-order valence-corrected chi connectivity index (χ0v) is 17.0. The zero-order chi connectivity index (χ0) is 19.6. The van der Waals surface area contributed by atoms with E-state index in [1.165, 1.54) is 11.4 Å². The smallest absolute Gasteiger partial charge is 0.322 e. The Morgan fingerprint density at radius 1 is 1.22 bits per heavy atom. The van der Waals surface area contributed by atoms with Crippen molar-refractivity contribution in [3.8, 4) is 11.5 Å². The number of rotatable bonds is 5. The van der Waals surface area contributed by atoms with Crippen LogP contribution in [0, 0.1) is 6.92 Å². The van der Waals surface area contributed by atoms with Gasteiger partial charge in [-0.3, -0.25) is 0 Å². The molecule has 0 radical (unpaired) electrons. The predicted molar refractivity (Wildman–Crippen MR) is 107 cm³/mol. The molecule has 7 heteroatoms. The Kier molecular flexibility index (Phi) is 5.85. The summed E-state index contributed by atoms with van der Waals surface area (Å²) >= 11 is 6.23. The maximum absolute atomic E-state index is 13.1. The number of anilines is 1. The Morgan fingerprint density at radius 3 is 2.63 bits per heavy atom. The number of carbonyl (C=O) groups is 1. The number of hydrogen-bond acceptors (Lipinski definition) is 3. The molecule has 3 rings (SSSR count). The van der Waals surface area contributed by atoms with Gasteiger partial charge in [0.05, 0.1) is 31.0 Å². The number of aromatic nitrogens is 1. The number of ether oxygens (including phenoxy) is 2. The van der Waals surface area contributed by atoms with Gasteiger partial charge in [-0.05, 0) is 31.5 Å². The summed E-state index contributed by atoms with van der Waals surface area (Å²) in [6.45, 7) is 5.69. The van der Waals surface area contributed by atoms with E-state index in [1.807, 2.05) is 4.90 Å². The van der Waals surface area contributed by atoms with Crippen molar-refractivity contribution >= 4 is 23.3 Å².